The van der Waals surface area contributed by atoms with Gasteiger partial charge in [-0.15, -0.1) is 0 Å². The van der Waals surface area contributed by atoms with Crippen molar-refractivity contribution in [2.75, 3.05) is 24.3 Å². The molecule has 2 N–H and O–H groups in total. The van der Waals surface area contributed by atoms with Crippen LogP contribution in [0.15, 0.2) is 12.1 Å². The molecule has 1 aliphatic heterocycles. The van der Waals surface area contributed by atoms with Gasteiger partial charge in [0.15, 0.2) is 5.75 Å². The molecule has 0 bridgehead atoms. The second-order valence-corrected chi connectivity index (χ2v) is 5.48. The second-order valence-electron chi connectivity index (χ2n) is 5.48. The molecule has 0 aromatic heterocycles. The lowest BCUT2D eigenvalue weighted by Gasteiger charge is -2.20. The molecule has 0 aliphatic carbocycles. The van der Waals surface area contributed by atoms with E-state index in [4.69, 9.17) is 9.47 Å². The Balaban J connectivity index is 2.19. The molecular weight excluding hydrogens is 244 g/mol. The molecule has 0 atom stereocenters. The lowest BCUT2D eigenvalue weighted by Crippen LogP contribution is -2.27. The lowest BCUT2D eigenvalue weighted by atomic mass is 10.1. The molecule has 1 amide bonds. The first-order valence-electron chi connectivity index (χ1n) is 6.34. The number of fused-ring (bicyclic) bond motifs is 1. The van der Waals surface area contributed by atoms with Gasteiger partial charge in [0.2, 0.25) is 0 Å². The largest absolute Gasteiger partial charge is 0.492 e. The molecule has 0 unspecified atom stereocenters. The number of carbonyl (C=O) groups excluding carboxylic acids is 1. The minimum absolute atomic E-state index is 0.483. The average molecular weight is 264 g/mol. The van der Waals surface area contributed by atoms with Gasteiger partial charge < -0.3 is 14.8 Å². The fraction of sp³-hybridized carbons (Fsp3) is 0.500. The number of carbonyl (C=O) groups is 1. The van der Waals surface area contributed by atoms with E-state index in [2.05, 4.69) is 10.6 Å². The van der Waals surface area contributed by atoms with Crippen molar-refractivity contribution < 1.29 is 14.3 Å². The van der Waals surface area contributed by atoms with E-state index in [-0.39, 0.29) is 0 Å². The highest BCUT2D eigenvalue weighted by Gasteiger charge is 2.21. The van der Waals surface area contributed by atoms with Crippen LogP contribution in [0.5, 0.6) is 5.75 Å². The first-order chi connectivity index (χ1) is 8.90. The zero-order valence-corrected chi connectivity index (χ0v) is 11.8. The molecule has 5 heteroatoms. The molecule has 1 aliphatic rings. The van der Waals surface area contributed by atoms with Gasteiger partial charge in [-0.05, 0) is 38.8 Å². The van der Waals surface area contributed by atoms with Crippen LogP contribution < -0.4 is 15.4 Å². The molecule has 0 spiro atoms. The van der Waals surface area contributed by atoms with Crippen LogP contribution in [-0.2, 0) is 11.2 Å². The van der Waals surface area contributed by atoms with Gasteiger partial charge >= 0.3 is 6.09 Å². The third-order valence-corrected chi connectivity index (χ3v) is 2.78. The molecule has 0 radical (unpaired) electrons. The molecule has 0 saturated heterocycles. The minimum atomic E-state index is -0.522. The van der Waals surface area contributed by atoms with Crippen molar-refractivity contribution in [3.8, 4) is 5.75 Å². The number of hydrogen-bond donors (Lipinski definition) is 2. The maximum atomic E-state index is 11.8. The fourth-order valence-electron chi connectivity index (χ4n) is 2.07. The number of nitrogens with one attached hydrogen (secondary N) is 2. The standard InChI is InChI=1S/C14H20N2O3/c1-14(2,3)19-13(17)16-10-6-5-9-7-8-15-11(9)12(10)18-4/h5-6,15H,7-8H2,1-4H3,(H,16,17). The van der Waals surface area contributed by atoms with Crippen molar-refractivity contribution in [1.29, 1.82) is 0 Å². The number of amides is 1. The number of methoxy groups -OCH3 is 1. The predicted octanol–water partition coefficient (Wildman–Crippen LogP) is 3.01. The summed E-state index contributed by atoms with van der Waals surface area (Å²) in [6.45, 7) is 6.37. The Morgan fingerprint density at radius 1 is 1.37 bits per heavy atom. The van der Waals surface area contributed by atoms with Crippen LogP contribution in [0, 0.1) is 0 Å². The molecule has 1 aromatic rings. The van der Waals surface area contributed by atoms with Crippen LogP contribution >= 0.6 is 0 Å². The molecule has 0 fully saturated rings. The van der Waals surface area contributed by atoms with E-state index in [9.17, 15) is 4.79 Å². The van der Waals surface area contributed by atoms with E-state index in [0.29, 0.717) is 11.4 Å². The second kappa shape index (κ2) is 4.99. The topological polar surface area (TPSA) is 59.6 Å². The van der Waals surface area contributed by atoms with E-state index < -0.39 is 11.7 Å². The quantitative estimate of drug-likeness (QED) is 0.862. The summed E-state index contributed by atoms with van der Waals surface area (Å²) >= 11 is 0. The normalized spacial score (nSPS) is 13.5. The SMILES string of the molecule is COc1c(NC(=O)OC(C)(C)C)ccc2c1NCC2. The summed E-state index contributed by atoms with van der Waals surface area (Å²) in [6, 6.07) is 3.83. The highest BCUT2D eigenvalue weighted by Crippen LogP contribution is 2.39. The Kier molecular flexibility index (Phi) is 3.55. The number of hydrogen-bond acceptors (Lipinski definition) is 4. The van der Waals surface area contributed by atoms with E-state index >= 15 is 0 Å². The van der Waals surface area contributed by atoms with Crippen LogP contribution in [0.4, 0.5) is 16.2 Å². The zero-order valence-electron chi connectivity index (χ0n) is 11.8. The van der Waals surface area contributed by atoms with Crippen molar-refractivity contribution in [1.82, 2.24) is 0 Å². The Labute approximate surface area is 113 Å². The summed E-state index contributed by atoms with van der Waals surface area (Å²) in [6.07, 6.45) is 0.488. The molecule has 19 heavy (non-hydrogen) atoms. The summed E-state index contributed by atoms with van der Waals surface area (Å²) in [5.41, 5.74) is 2.25. The smallest absolute Gasteiger partial charge is 0.412 e. The third kappa shape index (κ3) is 3.10. The fourth-order valence-corrected chi connectivity index (χ4v) is 2.07. The van der Waals surface area contributed by atoms with Crippen LogP contribution in [0.1, 0.15) is 26.3 Å². The first-order valence-corrected chi connectivity index (χ1v) is 6.34. The number of anilines is 2. The maximum absolute atomic E-state index is 11.8. The summed E-state index contributed by atoms with van der Waals surface area (Å²) in [7, 11) is 1.59. The van der Waals surface area contributed by atoms with Crippen molar-refractivity contribution in [2.45, 2.75) is 32.8 Å². The molecule has 5 nitrogen and oxygen atoms in total. The van der Waals surface area contributed by atoms with Gasteiger partial charge in [0.25, 0.3) is 0 Å². The van der Waals surface area contributed by atoms with Gasteiger partial charge in [-0.25, -0.2) is 4.79 Å². The average Bonchev–Trinajstić information content (AvgIpc) is 2.74. The van der Waals surface area contributed by atoms with E-state index in [1.165, 1.54) is 5.56 Å². The van der Waals surface area contributed by atoms with E-state index in [0.717, 1.165) is 18.7 Å². The van der Waals surface area contributed by atoms with Crippen molar-refractivity contribution in [2.24, 2.45) is 0 Å². The summed E-state index contributed by atoms with van der Waals surface area (Å²) in [5, 5.41) is 5.99. The van der Waals surface area contributed by atoms with Gasteiger partial charge in [0.05, 0.1) is 18.5 Å². The highest BCUT2D eigenvalue weighted by atomic mass is 16.6. The van der Waals surface area contributed by atoms with Crippen LogP contribution in [-0.4, -0.2) is 25.3 Å². The summed E-state index contributed by atoms with van der Waals surface area (Å²) < 4.78 is 10.6. The molecule has 1 heterocycles. The van der Waals surface area contributed by atoms with E-state index in [1.54, 1.807) is 7.11 Å². The zero-order chi connectivity index (χ0) is 14.0. The van der Waals surface area contributed by atoms with Crippen LogP contribution in [0.25, 0.3) is 0 Å². The Morgan fingerprint density at radius 2 is 2.11 bits per heavy atom. The maximum Gasteiger partial charge on any atom is 0.412 e. The molecule has 0 saturated carbocycles. The van der Waals surface area contributed by atoms with Gasteiger partial charge in [0, 0.05) is 6.54 Å². The summed E-state index contributed by atoms with van der Waals surface area (Å²) in [5.74, 6) is 0.654. The van der Waals surface area contributed by atoms with Crippen molar-refractivity contribution in [3.63, 3.8) is 0 Å². The van der Waals surface area contributed by atoms with Crippen LogP contribution in [0.2, 0.25) is 0 Å². The van der Waals surface area contributed by atoms with Gasteiger partial charge in [0.1, 0.15) is 5.60 Å². The number of ether oxygens (including phenoxy) is 2. The minimum Gasteiger partial charge on any atom is -0.492 e. The van der Waals surface area contributed by atoms with Crippen molar-refractivity contribution >= 4 is 17.5 Å². The van der Waals surface area contributed by atoms with E-state index in [1.807, 2.05) is 32.9 Å². The Morgan fingerprint density at radius 3 is 2.74 bits per heavy atom. The molecule has 104 valence electrons. The Bertz CT molecular complexity index is 492. The van der Waals surface area contributed by atoms with Gasteiger partial charge in [-0.2, -0.15) is 0 Å². The van der Waals surface area contributed by atoms with Crippen molar-refractivity contribution in [3.05, 3.63) is 17.7 Å². The predicted molar refractivity (Wildman–Crippen MR) is 75.0 cm³/mol. The van der Waals surface area contributed by atoms with Gasteiger partial charge in [-0.1, -0.05) is 6.07 Å². The lowest BCUT2D eigenvalue weighted by molar-refractivity contribution is 0.0635. The third-order valence-electron chi connectivity index (χ3n) is 2.78. The molecule has 2 rings (SSSR count). The Hall–Kier alpha value is -1.91. The van der Waals surface area contributed by atoms with Gasteiger partial charge in [-0.3, -0.25) is 5.32 Å². The molecule has 1 aromatic carbocycles. The molecular formula is C14H20N2O3. The summed E-state index contributed by atoms with van der Waals surface area (Å²) in [4.78, 5) is 11.8. The highest BCUT2D eigenvalue weighted by molar-refractivity contribution is 5.90. The van der Waals surface area contributed by atoms with Crippen LogP contribution in [0.3, 0.4) is 0 Å². The number of rotatable bonds is 2. The first kappa shape index (κ1) is 13.5. The number of benzene rings is 1. The monoisotopic (exact) mass is 264 g/mol.